The van der Waals surface area contributed by atoms with Crippen LogP contribution in [0.25, 0.3) is 17.1 Å². The predicted octanol–water partition coefficient (Wildman–Crippen LogP) is 6.04. The van der Waals surface area contributed by atoms with Gasteiger partial charge in [-0.15, -0.1) is 43.5 Å². The largest absolute Gasteiger partial charge is 0.694 e. The molecule has 0 atom stereocenters. The van der Waals surface area contributed by atoms with Crippen LogP contribution in [-0.2, 0) is 32.7 Å². The molecule has 0 spiro atoms. The molecular weight excluding hydrogens is 331 g/mol. The van der Waals surface area contributed by atoms with Gasteiger partial charge in [0.1, 0.15) is 0 Å². The first kappa shape index (κ1) is 22.4. The Morgan fingerprint density at radius 3 is 1.95 bits per heavy atom. The van der Waals surface area contributed by atoms with E-state index < -0.39 is 0 Å². The van der Waals surface area contributed by atoms with Crippen LogP contribution in [0.2, 0.25) is 0 Å². The van der Waals surface area contributed by atoms with E-state index in [9.17, 15) is 0 Å². The first-order valence-corrected chi connectivity index (χ1v) is 7.24. The maximum Gasteiger partial charge on any atom is 0 e. The molecular formula is C19H25NY-2. The standard InChI is InChI=1S/C15H13N.2C2H6.Y/c1-16-15(14-10-6-3-7-11-14)12-13-8-4-2-5-9-13;2*1-2;/h2-8,10-12H,1H3;2*1-2H3;/q-2;;;. The average molecular weight is 356 g/mol. The van der Waals surface area contributed by atoms with E-state index in [1.807, 2.05) is 83.3 Å². The summed E-state index contributed by atoms with van der Waals surface area (Å²) in [4.78, 5) is 0. The van der Waals surface area contributed by atoms with Crippen molar-refractivity contribution in [2.75, 3.05) is 7.05 Å². The molecule has 21 heavy (non-hydrogen) atoms. The van der Waals surface area contributed by atoms with Crippen molar-refractivity contribution >= 4 is 11.8 Å². The summed E-state index contributed by atoms with van der Waals surface area (Å²) in [5.41, 5.74) is 3.15. The molecule has 0 amide bonds. The van der Waals surface area contributed by atoms with Crippen LogP contribution in [-0.4, -0.2) is 7.05 Å². The molecule has 0 N–H and O–H groups in total. The monoisotopic (exact) mass is 356 g/mol. The summed E-state index contributed by atoms with van der Waals surface area (Å²) in [6.45, 7) is 8.00. The normalized spacial score (nSPS) is 9.10. The molecule has 0 aliphatic carbocycles. The number of nitrogens with zero attached hydrogens (tertiary/aromatic N) is 1. The van der Waals surface area contributed by atoms with Gasteiger partial charge in [-0.3, -0.25) is 0 Å². The van der Waals surface area contributed by atoms with Crippen LogP contribution >= 0.6 is 0 Å². The SMILES string of the molecule is CC.CC.C[N-]C(=Cc1[c-]cccc1)c1ccccc1.[Y]. The molecule has 0 saturated carbocycles. The van der Waals surface area contributed by atoms with E-state index in [4.69, 9.17) is 0 Å². The van der Waals surface area contributed by atoms with Crippen molar-refractivity contribution in [2.45, 2.75) is 27.7 Å². The quantitative estimate of drug-likeness (QED) is 0.470. The third kappa shape index (κ3) is 8.85. The molecule has 2 aromatic rings. The minimum atomic E-state index is 0. The summed E-state index contributed by atoms with van der Waals surface area (Å²) < 4.78 is 0. The number of benzene rings is 2. The van der Waals surface area contributed by atoms with E-state index in [1.54, 1.807) is 0 Å². The van der Waals surface area contributed by atoms with Crippen LogP contribution in [0, 0.1) is 6.07 Å². The van der Waals surface area contributed by atoms with Crippen LogP contribution < -0.4 is 0 Å². The molecule has 0 aliphatic rings. The van der Waals surface area contributed by atoms with E-state index in [-0.39, 0.29) is 32.7 Å². The van der Waals surface area contributed by atoms with Gasteiger partial charge >= 0.3 is 0 Å². The second-order valence-electron chi connectivity index (χ2n) is 3.44. The molecule has 0 fully saturated rings. The fourth-order valence-electron chi connectivity index (χ4n) is 1.53. The van der Waals surface area contributed by atoms with Crippen molar-refractivity contribution in [1.82, 2.24) is 0 Å². The van der Waals surface area contributed by atoms with Crippen LogP contribution in [0.4, 0.5) is 0 Å². The van der Waals surface area contributed by atoms with E-state index >= 15 is 0 Å². The predicted molar refractivity (Wildman–Crippen MR) is 91.6 cm³/mol. The first-order chi connectivity index (χ1) is 9.90. The second-order valence-corrected chi connectivity index (χ2v) is 3.44. The molecule has 1 nitrogen and oxygen atoms in total. The van der Waals surface area contributed by atoms with E-state index in [2.05, 4.69) is 23.5 Å². The van der Waals surface area contributed by atoms with Gasteiger partial charge in [0.25, 0.3) is 0 Å². The number of rotatable bonds is 3. The Hall–Kier alpha value is -0.916. The summed E-state index contributed by atoms with van der Waals surface area (Å²) >= 11 is 0. The van der Waals surface area contributed by atoms with Crippen molar-refractivity contribution < 1.29 is 32.7 Å². The van der Waals surface area contributed by atoms with Crippen LogP contribution in [0.1, 0.15) is 38.8 Å². The van der Waals surface area contributed by atoms with E-state index in [1.165, 1.54) is 0 Å². The smallest absolute Gasteiger partial charge is 0 e. The van der Waals surface area contributed by atoms with Gasteiger partial charge in [0.05, 0.1) is 0 Å². The maximum absolute atomic E-state index is 4.29. The summed E-state index contributed by atoms with van der Waals surface area (Å²) in [5, 5.41) is 4.29. The fourth-order valence-corrected chi connectivity index (χ4v) is 1.53. The van der Waals surface area contributed by atoms with Gasteiger partial charge in [-0.1, -0.05) is 58.0 Å². The van der Waals surface area contributed by atoms with E-state index in [0.29, 0.717) is 0 Å². The molecule has 0 saturated heterocycles. The van der Waals surface area contributed by atoms with E-state index in [0.717, 1.165) is 16.8 Å². The zero-order valence-corrected chi connectivity index (χ0v) is 16.6. The molecule has 0 aliphatic heterocycles. The first-order valence-electron chi connectivity index (χ1n) is 7.24. The Labute approximate surface area is 155 Å². The summed E-state index contributed by atoms with van der Waals surface area (Å²) in [7, 11) is 1.81. The minimum Gasteiger partial charge on any atom is -0.694 e. The van der Waals surface area contributed by atoms with Crippen molar-refractivity contribution in [3.8, 4) is 0 Å². The summed E-state index contributed by atoms with van der Waals surface area (Å²) in [5.74, 6) is 0. The van der Waals surface area contributed by atoms with Crippen molar-refractivity contribution in [3.63, 3.8) is 0 Å². The van der Waals surface area contributed by atoms with Gasteiger partial charge in [0.2, 0.25) is 0 Å². The topological polar surface area (TPSA) is 14.1 Å². The Balaban J connectivity index is 0. The molecule has 111 valence electrons. The third-order valence-corrected chi connectivity index (χ3v) is 2.34. The zero-order chi connectivity index (χ0) is 15.2. The van der Waals surface area contributed by atoms with Gasteiger partial charge in [-0.05, 0) is 5.56 Å². The average Bonchev–Trinajstić information content (AvgIpc) is 2.58. The summed E-state index contributed by atoms with van der Waals surface area (Å²) in [6, 6.07) is 21.2. The Morgan fingerprint density at radius 2 is 1.48 bits per heavy atom. The van der Waals surface area contributed by atoms with Crippen LogP contribution in [0.3, 0.4) is 0 Å². The van der Waals surface area contributed by atoms with Crippen molar-refractivity contribution in [2.24, 2.45) is 0 Å². The Morgan fingerprint density at radius 1 is 0.905 bits per heavy atom. The van der Waals surface area contributed by atoms with Gasteiger partial charge in [-0.2, -0.15) is 11.3 Å². The molecule has 2 rings (SSSR count). The van der Waals surface area contributed by atoms with Crippen LogP contribution in [0.5, 0.6) is 0 Å². The third-order valence-electron chi connectivity index (χ3n) is 2.34. The molecule has 0 heterocycles. The zero-order valence-electron chi connectivity index (χ0n) is 13.8. The Kier molecular flexibility index (Phi) is 16.5. The molecule has 0 unspecified atom stereocenters. The van der Waals surface area contributed by atoms with Gasteiger partial charge < -0.3 is 5.32 Å². The van der Waals surface area contributed by atoms with Gasteiger partial charge in [0, 0.05) is 32.7 Å². The van der Waals surface area contributed by atoms with Crippen molar-refractivity contribution in [1.29, 1.82) is 0 Å². The molecule has 0 bridgehead atoms. The molecule has 2 heteroatoms. The molecule has 1 radical (unpaired) electrons. The fraction of sp³-hybridized carbons (Fsp3) is 0.263. The van der Waals surface area contributed by atoms with Crippen molar-refractivity contribution in [3.05, 3.63) is 77.1 Å². The molecule has 2 aromatic carbocycles. The number of hydrogen-bond donors (Lipinski definition) is 0. The molecule has 0 aromatic heterocycles. The Bertz CT molecular complexity index is 463. The second kappa shape index (κ2) is 15.5. The minimum absolute atomic E-state index is 0. The van der Waals surface area contributed by atoms with Gasteiger partial charge in [-0.25, -0.2) is 0 Å². The van der Waals surface area contributed by atoms with Gasteiger partial charge in [0.15, 0.2) is 0 Å². The maximum atomic E-state index is 4.29. The summed E-state index contributed by atoms with van der Waals surface area (Å²) in [6.07, 6.45) is 2.04. The van der Waals surface area contributed by atoms with Crippen LogP contribution in [0.15, 0.2) is 54.6 Å². The number of hydrogen-bond acceptors (Lipinski definition) is 0.